The smallest absolute Gasteiger partial charge is 0.284 e. The van der Waals surface area contributed by atoms with E-state index in [1.807, 2.05) is 11.8 Å². The van der Waals surface area contributed by atoms with Gasteiger partial charge in [-0.25, -0.2) is 22.5 Å². The number of aromatic nitrogens is 4. The second-order valence-electron chi connectivity index (χ2n) is 15.3. The molecule has 14 nitrogen and oxygen atoms in total. The number of carbonyl (C=O) groups is 4. The maximum Gasteiger partial charge on any atom is 0.284 e. The van der Waals surface area contributed by atoms with E-state index in [4.69, 9.17) is 4.42 Å². The topological polar surface area (TPSA) is 159 Å². The molecule has 1 saturated carbocycles. The summed E-state index contributed by atoms with van der Waals surface area (Å²) in [5.74, 6) is -4.75. The van der Waals surface area contributed by atoms with Crippen LogP contribution < -0.4 is 15.5 Å². The molecule has 1 aliphatic carbocycles. The summed E-state index contributed by atoms with van der Waals surface area (Å²) >= 11 is 0. The van der Waals surface area contributed by atoms with Gasteiger partial charge in [-0.15, -0.1) is 0 Å². The summed E-state index contributed by atoms with van der Waals surface area (Å²) in [7, 11) is 0. The molecule has 6 heterocycles. The number of anilines is 2. The van der Waals surface area contributed by atoms with Crippen molar-refractivity contribution in [3.05, 3.63) is 77.2 Å². The highest BCUT2D eigenvalue weighted by Crippen LogP contribution is 2.37. The Labute approximate surface area is 331 Å². The number of amides is 4. The fraction of sp³-hybridized carbons (Fsp3) is 0.475. The van der Waals surface area contributed by atoms with Gasteiger partial charge >= 0.3 is 0 Å². The number of oxazole rings is 1. The number of piperidine rings is 1. The molecule has 58 heavy (non-hydrogen) atoms. The Morgan fingerprint density at radius 3 is 2.36 bits per heavy atom. The molecule has 4 fully saturated rings. The molecule has 0 unspecified atom stereocenters. The number of hydrogen-bond acceptors (Lipinski definition) is 10. The van der Waals surface area contributed by atoms with Crippen LogP contribution in [-0.2, 0) is 20.8 Å². The fourth-order valence-electron chi connectivity index (χ4n) is 8.51. The summed E-state index contributed by atoms with van der Waals surface area (Å²) in [5, 5.41) is 8.87. The Hall–Kier alpha value is -5.65. The summed E-state index contributed by atoms with van der Waals surface area (Å²) in [4.78, 5) is 64.5. The standard InChI is InChI=1S/C40H43F4N9O5/c1-2-24-15-22(9-10-45-24)39-47-32(21-58-39)38(56)46-31-20-53(49-35(31)36(43)44)26-5-3-25(4-6-26)50-11-13-51(14-12-50)40(57)23-18-52(19-23)27-16-29(41)34(30(42)17-27)28-7-8-33(54)48-37(28)55/h9-10,15-17,20-21,23,25-26,28,36H,2-8,11-14,18-19H2,1H3,(H,46,56)(H,48,54,55)/t25?,26?,28-/m1/s1. The number of nitrogens with one attached hydrogen (secondary N) is 2. The molecule has 4 aromatic rings. The number of imide groups is 1. The number of rotatable bonds is 10. The van der Waals surface area contributed by atoms with Crippen molar-refractivity contribution >= 4 is 35.0 Å². The van der Waals surface area contributed by atoms with E-state index in [1.165, 1.54) is 29.3 Å². The summed E-state index contributed by atoms with van der Waals surface area (Å²) in [5.41, 5.74) is 0.767. The Morgan fingerprint density at radius 1 is 0.983 bits per heavy atom. The van der Waals surface area contributed by atoms with Crippen LogP contribution in [0.15, 0.2) is 47.3 Å². The molecule has 3 saturated heterocycles. The van der Waals surface area contributed by atoms with E-state index in [2.05, 4.69) is 30.6 Å². The van der Waals surface area contributed by atoms with Gasteiger partial charge in [-0.1, -0.05) is 6.92 Å². The molecule has 1 aromatic carbocycles. The first-order valence-electron chi connectivity index (χ1n) is 19.7. The average molecular weight is 806 g/mol. The van der Waals surface area contributed by atoms with Crippen LogP contribution in [0.5, 0.6) is 0 Å². The molecule has 2 N–H and O–H groups in total. The number of piperazine rings is 1. The van der Waals surface area contributed by atoms with Gasteiger partial charge in [0.25, 0.3) is 12.3 Å². The van der Waals surface area contributed by atoms with Crippen molar-refractivity contribution in [1.82, 2.24) is 34.9 Å². The Morgan fingerprint density at radius 2 is 1.69 bits per heavy atom. The molecular formula is C40H43F4N9O5. The number of alkyl halides is 2. The first-order valence-corrected chi connectivity index (χ1v) is 19.7. The van der Waals surface area contributed by atoms with Crippen LogP contribution >= 0.6 is 0 Å². The van der Waals surface area contributed by atoms with Crippen LogP contribution in [-0.4, -0.2) is 98.5 Å². The van der Waals surface area contributed by atoms with Gasteiger partial charge in [0.1, 0.15) is 17.9 Å². The molecule has 1 atom stereocenters. The number of pyridine rings is 1. The Balaban J connectivity index is 0.804. The van der Waals surface area contributed by atoms with Gasteiger partial charge in [-0.05, 0) is 62.8 Å². The van der Waals surface area contributed by atoms with Crippen molar-refractivity contribution in [2.24, 2.45) is 5.92 Å². The van der Waals surface area contributed by atoms with Gasteiger partial charge in [0.15, 0.2) is 11.4 Å². The van der Waals surface area contributed by atoms with Crippen molar-refractivity contribution in [2.45, 2.75) is 76.3 Å². The third-order valence-corrected chi connectivity index (χ3v) is 11.8. The summed E-state index contributed by atoms with van der Waals surface area (Å²) < 4.78 is 65.4. The monoisotopic (exact) mass is 805 g/mol. The third-order valence-electron chi connectivity index (χ3n) is 11.8. The number of carbonyl (C=O) groups excluding carboxylic acids is 4. The van der Waals surface area contributed by atoms with Crippen molar-refractivity contribution in [1.29, 1.82) is 0 Å². The predicted octanol–water partition coefficient (Wildman–Crippen LogP) is 5.25. The number of hydrogen-bond donors (Lipinski definition) is 2. The molecule has 18 heteroatoms. The molecular weight excluding hydrogens is 762 g/mol. The molecule has 0 bridgehead atoms. The molecule has 3 aromatic heterocycles. The largest absolute Gasteiger partial charge is 0.444 e. The van der Waals surface area contributed by atoms with Crippen LogP contribution in [0.2, 0.25) is 0 Å². The predicted molar refractivity (Wildman–Crippen MR) is 201 cm³/mol. The van der Waals surface area contributed by atoms with Gasteiger partial charge < -0.3 is 19.5 Å². The van der Waals surface area contributed by atoms with Gasteiger partial charge in [0.2, 0.25) is 23.6 Å². The van der Waals surface area contributed by atoms with E-state index in [0.29, 0.717) is 69.8 Å². The van der Waals surface area contributed by atoms with E-state index in [0.717, 1.165) is 18.5 Å². The second kappa shape index (κ2) is 16.3. The first-order chi connectivity index (χ1) is 27.9. The highest BCUT2D eigenvalue weighted by atomic mass is 19.3. The van der Waals surface area contributed by atoms with Crippen molar-refractivity contribution in [3.63, 3.8) is 0 Å². The maximum atomic E-state index is 15.1. The molecule has 0 radical (unpaired) electrons. The van der Waals surface area contributed by atoms with E-state index in [-0.39, 0.29) is 59.6 Å². The lowest BCUT2D eigenvalue weighted by atomic mass is 9.89. The third kappa shape index (κ3) is 7.93. The molecule has 0 spiro atoms. The lowest BCUT2D eigenvalue weighted by Crippen LogP contribution is -2.59. The highest BCUT2D eigenvalue weighted by Gasteiger charge is 2.39. The van der Waals surface area contributed by atoms with Crippen LogP contribution in [0.25, 0.3) is 11.5 Å². The number of halogens is 4. The van der Waals surface area contributed by atoms with Gasteiger partial charge in [0, 0.05) is 86.6 Å². The minimum atomic E-state index is -2.91. The van der Waals surface area contributed by atoms with Gasteiger partial charge in [-0.2, -0.15) is 5.10 Å². The molecule has 4 aliphatic rings. The second-order valence-corrected chi connectivity index (χ2v) is 15.3. The van der Waals surface area contributed by atoms with Crippen LogP contribution in [0, 0.1) is 17.6 Å². The van der Waals surface area contributed by atoms with Gasteiger partial charge in [0.05, 0.1) is 23.6 Å². The fourth-order valence-corrected chi connectivity index (χ4v) is 8.51. The summed E-state index contributed by atoms with van der Waals surface area (Å²) in [6.07, 6.45) is 5.14. The number of nitrogens with zero attached hydrogens (tertiary/aromatic N) is 7. The van der Waals surface area contributed by atoms with Gasteiger partial charge in [-0.3, -0.25) is 39.1 Å². The van der Waals surface area contributed by atoms with Crippen LogP contribution in [0.4, 0.5) is 28.9 Å². The molecule has 3 aliphatic heterocycles. The van der Waals surface area contributed by atoms with Crippen molar-refractivity contribution < 1.29 is 41.2 Å². The minimum absolute atomic E-state index is 0.000397. The van der Waals surface area contributed by atoms with E-state index in [9.17, 15) is 28.0 Å². The van der Waals surface area contributed by atoms with E-state index in [1.54, 1.807) is 23.2 Å². The van der Waals surface area contributed by atoms with E-state index >= 15 is 8.78 Å². The molecule has 8 rings (SSSR count). The first kappa shape index (κ1) is 39.2. The van der Waals surface area contributed by atoms with Crippen LogP contribution in [0.3, 0.4) is 0 Å². The van der Waals surface area contributed by atoms with Crippen LogP contribution in [0.1, 0.15) is 91.3 Å². The zero-order valence-electron chi connectivity index (χ0n) is 31.8. The summed E-state index contributed by atoms with van der Waals surface area (Å²) in [6.45, 7) is 5.08. The van der Waals surface area contributed by atoms with E-state index < -0.39 is 47.4 Å². The lowest BCUT2D eigenvalue weighted by Gasteiger charge is -2.45. The number of aryl methyl sites for hydroxylation is 1. The maximum absolute atomic E-state index is 15.1. The summed E-state index contributed by atoms with van der Waals surface area (Å²) in [6, 6.07) is 6.01. The normalized spacial score (nSPS) is 21.9. The lowest BCUT2D eigenvalue weighted by molar-refractivity contribution is -0.138. The zero-order valence-corrected chi connectivity index (χ0v) is 31.8. The zero-order chi connectivity index (χ0) is 40.7. The molecule has 306 valence electrons. The highest BCUT2D eigenvalue weighted by molar-refractivity contribution is 6.03. The average Bonchev–Trinajstić information content (AvgIpc) is 3.87. The molecule has 4 amide bonds. The SMILES string of the molecule is CCc1cc(-c2nc(C(=O)Nc3cn(C4CCC(N5CCN(C(=O)C6CN(c7cc(F)c([C@H]8CCC(=O)NC8=O)c(F)c7)C6)CC5)CC4)nc3C(F)F)co2)ccn1. The minimum Gasteiger partial charge on any atom is -0.444 e. The van der Waals surface area contributed by atoms with Crippen molar-refractivity contribution in [2.75, 3.05) is 49.5 Å². The van der Waals surface area contributed by atoms with Crippen molar-refractivity contribution in [3.8, 4) is 11.5 Å². The number of benzene rings is 1. The Kier molecular flexibility index (Phi) is 11.0. The quantitative estimate of drug-likeness (QED) is 0.160. The Bertz CT molecular complexity index is 2180.